The summed E-state index contributed by atoms with van der Waals surface area (Å²) >= 11 is 6.82. The molecule has 2 aromatic rings. The fourth-order valence-corrected chi connectivity index (χ4v) is 5.31. The van der Waals surface area contributed by atoms with Crippen LogP contribution in [0.25, 0.3) is 10.9 Å². The summed E-state index contributed by atoms with van der Waals surface area (Å²) in [6.07, 6.45) is 6.19. The molecule has 1 aromatic heterocycles. The first-order valence-corrected chi connectivity index (χ1v) is 9.84. The van der Waals surface area contributed by atoms with Gasteiger partial charge < -0.3 is 14.4 Å². The zero-order valence-electron chi connectivity index (χ0n) is 15.1. The average Bonchev–Trinajstić information content (AvgIpc) is 3.39. The minimum atomic E-state index is -0.367. The molecule has 3 fully saturated rings. The van der Waals surface area contributed by atoms with Gasteiger partial charge in [0.1, 0.15) is 5.82 Å². The summed E-state index contributed by atoms with van der Waals surface area (Å²) < 4.78 is 17.3. The maximum atomic E-state index is 15.2. The highest BCUT2D eigenvalue weighted by Gasteiger charge is 2.41. The van der Waals surface area contributed by atoms with Crippen molar-refractivity contribution >= 4 is 28.2 Å². The number of pyridine rings is 1. The Labute approximate surface area is 157 Å². The molecule has 3 aliphatic rings. The van der Waals surface area contributed by atoms with Crippen LogP contribution in [0.4, 0.5) is 10.1 Å². The van der Waals surface area contributed by atoms with Crippen LogP contribution >= 0.6 is 11.6 Å². The van der Waals surface area contributed by atoms with Crippen molar-refractivity contribution in [2.24, 2.45) is 0 Å². The van der Waals surface area contributed by atoms with E-state index >= 15 is 4.39 Å². The summed E-state index contributed by atoms with van der Waals surface area (Å²) in [7, 11) is 2.12. The van der Waals surface area contributed by atoms with Crippen molar-refractivity contribution in [2.75, 3.05) is 25.0 Å². The van der Waals surface area contributed by atoms with Crippen molar-refractivity contribution in [3.05, 3.63) is 38.9 Å². The summed E-state index contributed by atoms with van der Waals surface area (Å²) in [6.45, 7) is 3.64. The van der Waals surface area contributed by atoms with Crippen LogP contribution in [0.15, 0.2) is 17.1 Å². The van der Waals surface area contributed by atoms with Crippen molar-refractivity contribution in [1.29, 1.82) is 0 Å². The van der Waals surface area contributed by atoms with Crippen molar-refractivity contribution in [2.45, 2.75) is 50.7 Å². The number of hydrogen-bond acceptors (Lipinski definition) is 3. The molecule has 1 saturated carbocycles. The lowest BCUT2D eigenvalue weighted by atomic mass is 10.1. The zero-order valence-corrected chi connectivity index (χ0v) is 15.9. The third-order valence-corrected chi connectivity index (χ3v) is 6.58. The summed E-state index contributed by atoms with van der Waals surface area (Å²) in [4.78, 5) is 17.1. The first-order valence-electron chi connectivity index (χ1n) is 9.46. The Morgan fingerprint density at radius 2 is 1.73 bits per heavy atom. The first kappa shape index (κ1) is 16.6. The van der Waals surface area contributed by atoms with E-state index in [4.69, 9.17) is 11.6 Å². The van der Waals surface area contributed by atoms with Gasteiger partial charge in [0.25, 0.3) is 0 Å². The molecule has 0 N–H and O–H groups in total. The summed E-state index contributed by atoms with van der Waals surface area (Å²) in [5.74, 6) is -0.367. The number of hydrogen-bond donors (Lipinski definition) is 0. The topological polar surface area (TPSA) is 28.5 Å². The van der Waals surface area contributed by atoms with Crippen LogP contribution in [0.2, 0.25) is 5.02 Å². The van der Waals surface area contributed by atoms with Crippen molar-refractivity contribution < 1.29 is 4.39 Å². The summed E-state index contributed by atoms with van der Waals surface area (Å²) in [5, 5.41) is 0.815. The first-order chi connectivity index (χ1) is 12.5. The van der Waals surface area contributed by atoms with Gasteiger partial charge in [-0.3, -0.25) is 4.79 Å². The smallest absolute Gasteiger partial charge is 0.192 e. The Morgan fingerprint density at radius 1 is 1.12 bits per heavy atom. The molecular weight excluding hydrogens is 353 g/mol. The number of anilines is 1. The third kappa shape index (κ3) is 2.33. The number of aromatic nitrogens is 1. The van der Waals surface area contributed by atoms with Gasteiger partial charge in [-0.2, -0.15) is 0 Å². The van der Waals surface area contributed by atoms with E-state index in [-0.39, 0.29) is 23.3 Å². The number of halogens is 2. The SMILES string of the molecule is Cc1cn(C2CC2)c2c(Cl)c(N3C4CCC3CN(C)C4)c(F)cc2c1=O. The predicted octanol–water partition coefficient (Wildman–Crippen LogP) is 3.72. The van der Waals surface area contributed by atoms with E-state index in [0.29, 0.717) is 33.2 Å². The number of likely N-dealkylation sites (tertiary alicyclic amines) is 1. The molecule has 4 nitrogen and oxygen atoms in total. The van der Waals surface area contributed by atoms with Gasteiger partial charge in [-0.25, -0.2) is 4.39 Å². The van der Waals surface area contributed by atoms with E-state index < -0.39 is 0 Å². The number of rotatable bonds is 2. The molecule has 1 aliphatic carbocycles. The number of likely N-dealkylation sites (N-methyl/N-ethyl adjacent to an activating group) is 1. The van der Waals surface area contributed by atoms with Crippen LogP contribution < -0.4 is 10.3 Å². The Balaban J connectivity index is 1.76. The molecule has 6 heteroatoms. The molecule has 2 unspecified atom stereocenters. The zero-order chi connectivity index (χ0) is 18.2. The maximum absolute atomic E-state index is 15.2. The Kier molecular flexibility index (Phi) is 3.63. The average molecular weight is 376 g/mol. The van der Waals surface area contributed by atoms with Gasteiger partial charge in [-0.05, 0) is 45.7 Å². The van der Waals surface area contributed by atoms with Crippen LogP contribution in [0.1, 0.15) is 37.3 Å². The highest BCUT2D eigenvalue weighted by Crippen LogP contribution is 2.45. The number of aryl methyl sites for hydroxylation is 1. The Morgan fingerprint density at radius 3 is 2.35 bits per heavy atom. The molecule has 3 heterocycles. The van der Waals surface area contributed by atoms with Crippen molar-refractivity contribution in [3.63, 3.8) is 0 Å². The van der Waals surface area contributed by atoms with Gasteiger partial charge in [0.15, 0.2) is 5.43 Å². The fourth-order valence-electron chi connectivity index (χ4n) is 4.92. The monoisotopic (exact) mass is 375 g/mol. The van der Waals surface area contributed by atoms with E-state index in [9.17, 15) is 4.79 Å². The standard InChI is InChI=1S/C20H23ClFN3O/c1-11-8-24(12-3-4-12)18-15(20(11)26)7-16(22)19(17(18)21)25-13-5-6-14(25)10-23(2)9-13/h7-8,12-14H,3-6,9-10H2,1-2H3. The molecule has 0 radical (unpaired) electrons. The second-order valence-electron chi connectivity index (χ2n) is 8.21. The van der Waals surface area contributed by atoms with E-state index in [1.807, 2.05) is 6.20 Å². The normalized spacial score (nSPS) is 26.1. The van der Waals surface area contributed by atoms with Gasteiger partial charge in [-0.15, -0.1) is 0 Å². The van der Waals surface area contributed by atoms with Gasteiger partial charge in [-0.1, -0.05) is 11.6 Å². The molecule has 2 bridgehead atoms. The van der Waals surface area contributed by atoms with Crippen molar-refractivity contribution in [1.82, 2.24) is 9.47 Å². The molecule has 1 aromatic carbocycles. The van der Waals surface area contributed by atoms with Gasteiger partial charge in [0.05, 0.1) is 21.6 Å². The van der Waals surface area contributed by atoms with Gasteiger partial charge in [0, 0.05) is 43.0 Å². The molecule has 138 valence electrons. The van der Waals surface area contributed by atoms with Crippen LogP contribution in [-0.2, 0) is 0 Å². The predicted molar refractivity (Wildman–Crippen MR) is 103 cm³/mol. The maximum Gasteiger partial charge on any atom is 0.192 e. The molecule has 2 atom stereocenters. The number of piperazine rings is 1. The molecular formula is C20H23ClFN3O. The van der Waals surface area contributed by atoms with E-state index in [0.717, 1.165) is 38.8 Å². The number of benzene rings is 1. The fraction of sp³-hybridized carbons (Fsp3) is 0.550. The minimum absolute atomic E-state index is 0.120. The second-order valence-corrected chi connectivity index (χ2v) is 8.59. The van der Waals surface area contributed by atoms with Gasteiger partial charge in [0.2, 0.25) is 0 Å². The second kappa shape index (κ2) is 5.70. The molecule has 5 rings (SSSR count). The van der Waals surface area contributed by atoms with Crippen LogP contribution in [0.5, 0.6) is 0 Å². The lowest BCUT2D eigenvalue weighted by Gasteiger charge is -2.41. The van der Waals surface area contributed by atoms with Crippen LogP contribution in [0, 0.1) is 12.7 Å². The van der Waals surface area contributed by atoms with E-state index in [2.05, 4.69) is 21.4 Å². The lowest BCUT2D eigenvalue weighted by molar-refractivity contribution is 0.263. The number of fused-ring (bicyclic) bond motifs is 3. The van der Waals surface area contributed by atoms with Crippen LogP contribution in [-0.4, -0.2) is 41.7 Å². The minimum Gasteiger partial charge on any atom is -0.359 e. The van der Waals surface area contributed by atoms with E-state index in [1.165, 1.54) is 6.07 Å². The largest absolute Gasteiger partial charge is 0.359 e. The Hall–Kier alpha value is -1.59. The van der Waals surface area contributed by atoms with Crippen LogP contribution in [0.3, 0.4) is 0 Å². The van der Waals surface area contributed by atoms with Crippen molar-refractivity contribution in [3.8, 4) is 0 Å². The third-order valence-electron chi connectivity index (χ3n) is 6.23. The number of nitrogens with zero attached hydrogens (tertiary/aromatic N) is 3. The molecule has 26 heavy (non-hydrogen) atoms. The van der Waals surface area contributed by atoms with E-state index in [1.54, 1.807) is 6.92 Å². The summed E-state index contributed by atoms with van der Waals surface area (Å²) in [5.41, 5.74) is 1.73. The molecule has 0 amide bonds. The molecule has 2 saturated heterocycles. The summed E-state index contributed by atoms with van der Waals surface area (Å²) in [6, 6.07) is 2.36. The van der Waals surface area contributed by atoms with Gasteiger partial charge >= 0.3 is 0 Å². The highest BCUT2D eigenvalue weighted by molar-refractivity contribution is 6.38. The Bertz CT molecular complexity index is 954. The highest BCUT2D eigenvalue weighted by atomic mass is 35.5. The quantitative estimate of drug-likeness (QED) is 0.801. The molecule has 2 aliphatic heterocycles. The molecule has 0 spiro atoms. The lowest BCUT2D eigenvalue weighted by Crippen LogP contribution is -2.53.